The number of para-hydroxylation sites is 1. The van der Waals surface area contributed by atoms with Crippen molar-refractivity contribution in [1.29, 1.82) is 0 Å². The van der Waals surface area contributed by atoms with Gasteiger partial charge in [0.15, 0.2) is 15.9 Å². The highest BCUT2D eigenvalue weighted by Gasteiger charge is 2.21. The van der Waals surface area contributed by atoms with Crippen molar-refractivity contribution in [3.63, 3.8) is 0 Å². The second-order valence-electron chi connectivity index (χ2n) is 7.94. The monoisotopic (exact) mass is 533 g/mol. The lowest BCUT2D eigenvalue weighted by Crippen LogP contribution is -2.30. The molecule has 14 heteroatoms. The molecular weight excluding hydrogens is 510 g/mol. The molecule has 0 saturated carbocycles. The molecule has 13 nitrogen and oxygen atoms in total. The molecule has 0 bridgehead atoms. The Labute approximate surface area is 211 Å². The average molecular weight is 534 g/mol. The van der Waals surface area contributed by atoms with Crippen molar-refractivity contribution in [2.24, 2.45) is 0 Å². The van der Waals surface area contributed by atoms with E-state index in [0.29, 0.717) is 22.5 Å². The number of carbonyl (C=O) groups excluding carboxylic acids is 1. The topological polar surface area (TPSA) is 170 Å². The zero-order valence-corrected chi connectivity index (χ0v) is 20.6. The molecule has 3 aromatic rings. The van der Waals surface area contributed by atoms with Gasteiger partial charge < -0.3 is 19.0 Å². The van der Waals surface area contributed by atoms with Crippen molar-refractivity contribution in [3.05, 3.63) is 92.1 Å². The van der Waals surface area contributed by atoms with Crippen molar-refractivity contribution in [3.8, 4) is 16.9 Å². The fourth-order valence-corrected chi connectivity index (χ4v) is 4.23. The third kappa shape index (κ3) is 7.27. The van der Waals surface area contributed by atoms with Crippen LogP contribution in [-0.4, -0.2) is 54.7 Å². The van der Waals surface area contributed by atoms with Gasteiger partial charge >= 0.3 is 5.97 Å². The van der Waals surface area contributed by atoms with Crippen molar-refractivity contribution in [2.45, 2.75) is 24.3 Å². The van der Waals surface area contributed by atoms with E-state index in [2.05, 4.69) is 9.68 Å². The van der Waals surface area contributed by atoms with E-state index in [9.17, 15) is 33.4 Å². The number of hydrogen-bond donors (Lipinski definition) is 0. The molecule has 0 radical (unpaired) electrons. The number of benzene rings is 2. The second kappa shape index (κ2) is 11.5. The standard InChI is InChI=1S/C23H23N3O10S/c1-16-18(13-23(27)34-14-20(36-26(30)31)15-35-25(28)29)12-22(24(16)19-6-4-3-5-7-19)17-8-10-21(11-9-17)37(2,32)33/h3-12,20H,13-15H2,1-2H3/t20-/m1/s1. The van der Waals surface area contributed by atoms with Crippen molar-refractivity contribution < 1.29 is 37.8 Å². The fourth-order valence-electron chi connectivity index (χ4n) is 3.60. The molecule has 2 aromatic carbocycles. The minimum atomic E-state index is -3.38. The van der Waals surface area contributed by atoms with Gasteiger partial charge in [-0.2, -0.15) is 0 Å². The average Bonchev–Trinajstić information content (AvgIpc) is 3.16. The number of rotatable bonds is 12. The SMILES string of the molecule is Cc1c(CC(=O)OC[C@H](CO[N+](=O)[O-])O[N+](=O)[O-])cc(-c2ccc(S(C)(=O)=O)cc2)n1-c1ccccc1. The van der Waals surface area contributed by atoms with E-state index in [1.807, 2.05) is 34.9 Å². The molecule has 0 saturated heterocycles. The highest BCUT2D eigenvalue weighted by molar-refractivity contribution is 7.90. The van der Waals surface area contributed by atoms with Crippen LogP contribution in [0.2, 0.25) is 0 Å². The Bertz CT molecular complexity index is 1390. The summed E-state index contributed by atoms with van der Waals surface area (Å²) >= 11 is 0. The van der Waals surface area contributed by atoms with Crippen LogP contribution in [0.4, 0.5) is 0 Å². The highest BCUT2D eigenvalue weighted by Crippen LogP contribution is 2.30. The van der Waals surface area contributed by atoms with Gasteiger partial charge in [0, 0.05) is 17.6 Å². The number of nitrogens with zero attached hydrogens (tertiary/aromatic N) is 3. The van der Waals surface area contributed by atoms with Gasteiger partial charge in [-0.1, -0.05) is 30.3 Å². The first-order valence-corrected chi connectivity index (χ1v) is 12.7. The molecule has 1 atom stereocenters. The van der Waals surface area contributed by atoms with E-state index >= 15 is 0 Å². The molecule has 196 valence electrons. The summed E-state index contributed by atoms with van der Waals surface area (Å²) in [6.45, 7) is 0.373. The Morgan fingerprint density at radius 2 is 1.65 bits per heavy atom. The molecule has 0 aliphatic carbocycles. The van der Waals surface area contributed by atoms with E-state index in [0.717, 1.165) is 11.9 Å². The maximum Gasteiger partial charge on any atom is 0.310 e. The Morgan fingerprint density at radius 3 is 2.22 bits per heavy atom. The summed E-state index contributed by atoms with van der Waals surface area (Å²) in [5, 5.41) is 18.7. The van der Waals surface area contributed by atoms with Crippen molar-refractivity contribution >= 4 is 15.8 Å². The zero-order chi connectivity index (χ0) is 27.2. The largest absolute Gasteiger partial charge is 0.463 e. The molecule has 1 heterocycles. The molecule has 37 heavy (non-hydrogen) atoms. The first-order chi connectivity index (χ1) is 17.5. The minimum absolute atomic E-state index is 0.169. The molecule has 1 aromatic heterocycles. The van der Waals surface area contributed by atoms with Gasteiger partial charge in [-0.15, -0.1) is 20.2 Å². The van der Waals surface area contributed by atoms with Crippen LogP contribution in [0.3, 0.4) is 0 Å². The molecular formula is C23H23N3O10S. The first-order valence-electron chi connectivity index (χ1n) is 10.8. The van der Waals surface area contributed by atoms with Gasteiger partial charge in [-0.25, -0.2) is 8.42 Å². The Balaban J connectivity index is 1.86. The third-order valence-electron chi connectivity index (χ3n) is 5.31. The zero-order valence-electron chi connectivity index (χ0n) is 19.8. The third-order valence-corrected chi connectivity index (χ3v) is 6.44. The van der Waals surface area contributed by atoms with Gasteiger partial charge in [0.1, 0.15) is 13.2 Å². The van der Waals surface area contributed by atoms with Crippen LogP contribution in [0.5, 0.6) is 0 Å². The van der Waals surface area contributed by atoms with Gasteiger partial charge in [0.25, 0.3) is 10.2 Å². The van der Waals surface area contributed by atoms with Crippen LogP contribution in [0.1, 0.15) is 11.3 Å². The van der Waals surface area contributed by atoms with Crippen molar-refractivity contribution in [2.75, 3.05) is 19.5 Å². The second-order valence-corrected chi connectivity index (χ2v) is 9.95. The van der Waals surface area contributed by atoms with Gasteiger partial charge in [-0.05, 0) is 48.4 Å². The Hall–Kier alpha value is -4.46. The Morgan fingerprint density at radius 1 is 1.00 bits per heavy atom. The molecule has 3 rings (SSSR count). The Kier molecular flexibility index (Phi) is 8.45. The quantitative estimate of drug-likeness (QED) is 0.191. The van der Waals surface area contributed by atoms with E-state index < -0.39 is 45.3 Å². The predicted octanol–water partition coefficient (Wildman–Crippen LogP) is 2.73. The summed E-state index contributed by atoms with van der Waals surface area (Å²) in [5.74, 6) is -0.745. The maximum atomic E-state index is 12.5. The van der Waals surface area contributed by atoms with Gasteiger partial charge in [-0.3, -0.25) is 4.79 Å². The minimum Gasteiger partial charge on any atom is -0.463 e. The highest BCUT2D eigenvalue weighted by atomic mass is 32.2. The molecule has 0 spiro atoms. The molecule has 0 N–H and O–H groups in total. The normalized spacial score (nSPS) is 11.9. The first kappa shape index (κ1) is 27.1. The predicted molar refractivity (Wildman–Crippen MR) is 129 cm³/mol. The van der Waals surface area contributed by atoms with E-state index in [1.54, 1.807) is 25.1 Å². The maximum absolute atomic E-state index is 12.5. The smallest absolute Gasteiger partial charge is 0.310 e. The fraction of sp³-hybridized carbons (Fsp3) is 0.261. The number of esters is 1. The van der Waals surface area contributed by atoms with Crippen molar-refractivity contribution in [1.82, 2.24) is 4.57 Å². The summed E-state index contributed by atoms with van der Waals surface area (Å²) in [6.07, 6.45) is -0.572. The summed E-state index contributed by atoms with van der Waals surface area (Å²) in [5.41, 5.74) is 3.50. The molecule has 0 aliphatic heterocycles. The van der Waals surface area contributed by atoms with Crippen LogP contribution >= 0.6 is 0 Å². The number of hydrogen-bond acceptors (Lipinski definition) is 10. The summed E-state index contributed by atoms with van der Waals surface area (Å²) < 4.78 is 30.7. The summed E-state index contributed by atoms with van der Waals surface area (Å²) in [4.78, 5) is 42.0. The molecule has 0 amide bonds. The van der Waals surface area contributed by atoms with Crippen LogP contribution in [0.25, 0.3) is 16.9 Å². The van der Waals surface area contributed by atoms with Gasteiger partial charge in [0.2, 0.25) is 0 Å². The number of carbonyl (C=O) groups is 1. The van der Waals surface area contributed by atoms with Crippen LogP contribution in [0, 0.1) is 27.2 Å². The number of sulfone groups is 1. The van der Waals surface area contributed by atoms with Crippen LogP contribution < -0.4 is 0 Å². The molecule has 0 unspecified atom stereocenters. The van der Waals surface area contributed by atoms with E-state index in [4.69, 9.17) is 4.74 Å². The lowest BCUT2D eigenvalue weighted by Gasteiger charge is -2.14. The lowest BCUT2D eigenvalue weighted by molar-refractivity contribution is -0.790. The molecule has 0 fully saturated rings. The number of ether oxygens (including phenoxy) is 1. The molecule has 0 aliphatic rings. The summed E-state index contributed by atoms with van der Waals surface area (Å²) in [7, 11) is -3.38. The number of aromatic nitrogens is 1. The van der Waals surface area contributed by atoms with E-state index in [1.165, 1.54) is 12.1 Å². The van der Waals surface area contributed by atoms with Crippen LogP contribution in [0.15, 0.2) is 65.6 Å². The van der Waals surface area contributed by atoms with E-state index in [-0.39, 0.29) is 11.3 Å². The van der Waals surface area contributed by atoms with Crippen LogP contribution in [-0.2, 0) is 35.5 Å². The summed E-state index contributed by atoms with van der Waals surface area (Å²) in [6, 6.07) is 17.4. The van der Waals surface area contributed by atoms with Gasteiger partial charge in [0.05, 0.1) is 17.0 Å². The lowest BCUT2D eigenvalue weighted by atomic mass is 10.1.